The summed E-state index contributed by atoms with van der Waals surface area (Å²) in [6.45, 7) is -2.46. The van der Waals surface area contributed by atoms with E-state index in [0.717, 1.165) is 0 Å². The summed E-state index contributed by atoms with van der Waals surface area (Å²) in [6.07, 6.45) is -4.51. The van der Waals surface area contributed by atoms with E-state index >= 15 is 0 Å². The maximum absolute atomic E-state index is 11.9. The molecule has 0 saturated carbocycles. The number of hydrogen-bond donors (Lipinski definition) is 3. The van der Waals surface area contributed by atoms with Gasteiger partial charge in [0.2, 0.25) is 11.8 Å². The third kappa shape index (κ3) is 7.81. The molecule has 10 heteroatoms. The molecule has 23 heavy (non-hydrogen) atoms. The Labute approximate surface area is 143 Å². The average molecular weight is 443 g/mol. The van der Waals surface area contributed by atoms with E-state index < -0.39 is 43.5 Å². The van der Waals surface area contributed by atoms with E-state index in [-0.39, 0.29) is 0 Å². The molecule has 0 aromatic heterocycles. The molecule has 0 radical (unpaired) electrons. The number of carbonyl (C=O) groups is 3. The number of alkyl halides is 3. The van der Waals surface area contributed by atoms with E-state index in [2.05, 4.69) is 10.6 Å². The first kappa shape index (κ1) is 19.2. The van der Waals surface area contributed by atoms with Gasteiger partial charge in [0, 0.05) is 3.57 Å². The highest BCUT2D eigenvalue weighted by atomic mass is 127. The normalized spacial score (nSPS) is 10.8. The third-order valence-corrected chi connectivity index (χ3v) is 3.40. The zero-order valence-corrected chi connectivity index (χ0v) is 13.8. The van der Waals surface area contributed by atoms with Crippen molar-refractivity contribution < 1.29 is 27.6 Å². The van der Waals surface area contributed by atoms with Crippen molar-refractivity contribution in [2.45, 2.75) is 6.18 Å². The van der Waals surface area contributed by atoms with Gasteiger partial charge in [0.15, 0.2) is 0 Å². The van der Waals surface area contributed by atoms with Gasteiger partial charge in [-0.1, -0.05) is 12.1 Å². The van der Waals surface area contributed by atoms with E-state index in [4.69, 9.17) is 0 Å². The molecular weight excluding hydrogens is 430 g/mol. The summed E-state index contributed by atoms with van der Waals surface area (Å²) in [5, 5.41) is 6.07. The fraction of sp³-hybridized carbons (Fsp3) is 0.308. The van der Waals surface area contributed by atoms with Gasteiger partial charge in [-0.3, -0.25) is 14.4 Å². The number of amides is 3. The molecule has 0 heterocycles. The van der Waals surface area contributed by atoms with Gasteiger partial charge in [0.25, 0.3) is 5.91 Å². The van der Waals surface area contributed by atoms with E-state index in [1.54, 1.807) is 29.6 Å². The lowest BCUT2D eigenvalue weighted by molar-refractivity contribution is -0.138. The molecule has 1 aromatic rings. The molecule has 1 rings (SSSR count). The number of nitrogens with one attached hydrogen (secondary N) is 3. The molecule has 0 fully saturated rings. The quantitative estimate of drug-likeness (QED) is 0.570. The molecule has 0 aliphatic rings. The van der Waals surface area contributed by atoms with Crippen molar-refractivity contribution in [3.8, 4) is 0 Å². The second-order valence-corrected chi connectivity index (χ2v) is 5.49. The van der Waals surface area contributed by atoms with Crippen LogP contribution in [0.15, 0.2) is 24.3 Å². The predicted octanol–water partition coefficient (Wildman–Crippen LogP) is 0.816. The van der Waals surface area contributed by atoms with Gasteiger partial charge < -0.3 is 16.0 Å². The summed E-state index contributed by atoms with van der Waals surface area (Å²) >= 11 is 1.97. The van der Waals surface area contributed by atoms with Crippen LogP contribution in [0.2, 0.25) is 0 Å². The summed E-state index contributed by atoms with van der Waals surface area (Å²) in [5.41, 5.74) is 0.392. The van der Waals surface area contributed by atoms with Crippen LogP contribution in [0, 0.1) is 3.57 Å². The average Bonchev–Trinajstić information content (AvgIpc) is 2.48. The molecule has 0 aliphatic heterocycles. The maximum atomic E-state index is 11.9. The van der Waals surface area contributed by atoms with Crippen molar-refractivity contribution in [3.63, 3.8) is 0 Å². The van der Waals surface area contributed by atoms with Crippen LogP contribution in [0.1, 0.15) is 10.4 Å². The Hall–Kier alpha value is -1.85. The number of benzene rings is 1. The van der Waals surface area contributed by atoms with Gasteiger partial charge in [-0.25, -0.2) is 0 Å². The number of rotatable bonds is 6. The molecule has 1 aromatic carbocycles. The molecule has 0 unspecified atom stereocenters. The van der Waals surface area contributed by atoms with Gasteiger partial charge >= 0.3 is 6.18 Å². The first-order valence-electron chi connectivity index (χ1n) is 6.32. The zero-order chi connectivity index (χ0) is 17.5. The monoisotopic (exact) mass is 443 g/mol. The molecule has 6 nitrogen and oxygen atoms in total. The minimum absolute atomic E-state index is 0.392. The van der Waals surface area contributed by atoms with Gasteiger partial charge in [-0.15, -0.1) is 0 Å². The summed E-state index contributed by atoms with van der Waals surface area (Å²) in [7, 11) is 0. The van der Waals surface area contributed by atoms with Gasteiger partial charge in [0.05, 0.1) is 18.7 Å². The molecule has 0 aliphatic carbocycles. The molecular formula is C13H13F3IN3O3. The number of hydrogen-bond acceptors (Lipinski definition) is 3. The van der Waals surface area contributed by atoms with Crippen molar-refractivity contribution in [1.82, 2.24) is 16.0 Å². The lowest BCUT2D eigenvalue weighted by Crippen LogP contribution is -2.43. The Morgan fingerprint density at radius 1 is 0.957 bits per heavy atom. The third-order valence-electron chi connectivity index (χ3n) is 2.46. The summed E-state index contributed by atoms with van der Waals surface area (Å²) in [6, 6.07) is 6.73. The van der Waals surface area contributed by atoms with Crippen LogP contribution in [0.5, 0.6) is 0 Å². The SMILES string of the molecule is O=C(CNC(=O)CNC(=O)c1ccccc1I)NCC(F)(F)F. The standard InChI is InChI=1S/C13H13F3IN3O3/c14-13(15,16)7-20-11(22)5-18-10(21)6-19-12(23)8-3-1-2-4-9(8)17/h1-4H,5-7H2,(H,18,21)(H,19,23)(H,20,22). The van der Waals surface area contributed by atoms with Crippen LogP contribution < -0.4 is 16.0 Å². The minimum atomic E-state index is -4.51. The smallest absolute Gasteiger partial charge is 0.346 e. The lowest BCUT2D eigenvalue weighted by Gasteiger charge is -2.10. The van der Waals surface area contributed by atoms with Crippen molar-refractivity contribution >= 4 is 40.3 Å². The fourth-order valence-electron chi connectivity index (χ4n) is 1.40. The van der Waals surface area contributed by atoms with Crippen LogP contribution in [0.3, 0.4) is 0 Å². The van der Waals surface area contributed by atoms with E-state index in [0.29, 0.717) is 9.13 Å². The molecule has 3 N–H and O–H groups in total. The van der Waals surface area contributed by atoms with E-state index in [1.807, 2.05) is 22.6 Å². The van der Waals surface area contributed by atoms with Gasteiger partial charge in [0.1, 0.15) is 6.54 Å². The van der Waals surface area contributed by atoms with Crippen LogP contribution in [0.4, 0.5) is 13.2 Å². The largest absolute Gasteiger partial charge is 0.405 e. The van der Waals surface area contributed by atoms with Crippen molar-refractivity contribution in [1.29, 1.82) is 0 Å². The number of carbonyl (C=O) groups excluding carboxylic acids is 3. The van der Waals surface area contributed by atoms with Crippen LogP contribution in [-0.2, 0) is 9.59 Å². The first-order valence-corrected chi connectivity index (χ1v) is 7.40. The summed E-state index contributed by atoms with van der Waals surface area (Å²) in [4.78, 5) is 34.3. The summed E-state index contributed by atoms with van der Waals surface area (Å²) in [5.74, 6) is -2.13. The lowest BCUT2D eigenvalue weighted by atomic mass is 10.2. The molecule has 0 bridgehead atoms. The van der Waals surface area contributed by atoms with Crippen LogP contribution in [0.25, 0.3) is 0 Å². The van der Waals surface area contributed by atoms with Crippen molar-refractivity contribution in [2.24, 2.45) is 0 Å². The highest BCUT2D eigenvalue weighted by molar-refractivity contribution is 14.1. The highest BCUT2D eigenvalue weighted by Crippen LogP contribution is 2.12. The Bertz CT molecular complexity index is 593. The molecule has 126 valence electrons. The topological polar surface area (TPSA) is 87.3 Å². The van der Waals surface area contributed by atoms with E-state index in [9.17, 15) is 27.6 Å². The molecule has 0 atom stereocenters. The second-order valence-electron chi connectivity index (χ2n) is 4.33. The zero-order valence-electron chi connectivity index (χ0n) is 11.7. The Balaban J connectivity index is 2.31. The molecule has 3 amide bonds. The molecule has 0 saturated heterocycles. The molecule has 0 spiro atoms. The maximum Gasteiger partial charge on any atom is 0.405 e. The van der Waals surface area contributed by atoms with E-state index in [1.165, 1.54) is 0 Å². The Morgan fingerprint density at radius 3 is 2.13 bits per heavy atom. The van der Waals surface area contributed by atoms with Gasteiger partial charge in [-0.2, -0.15) is 13.2 Å². The first-order chi connectivity index (χ1) is 10.7. The Morgan fingerprint density at radius 2 is 1.52 bits per heavy atom. The highest BCUT2D eigenvalue weighted by Gasteiger charge is 2.27. The van der Waals surface area contributed by atoms with Crippen molar-refractivity contribution in [2.75, 3.05) is 19.6 Å². The minimum Gasteiger partial charge on any atom is -0.346 e. The van der Waals surface area contributed by atoms with Gasteiger partial charge in [-0.05, 0) is 34.7 Å². The van der Waals surface area contributed by atoms with Crippen molar-refractivity contribution in [3.05, 3.63) is 33.4 Å². The Kier molecular flexibility index (Phi) is 7.26. The van der Waals surface area contributed by atoms with Crippen LogP contribution in [-0.4, -0.2) is 43.5 Å². The predicted molar refractivity (Wildman–Crippen MR) is 83.6 cm³/mol. The number of halogens is 4. The fourth-order valence-corrected chi connectivity index (χ4v) is 2.04. The summed E-state index contributed by atoms with van der Waals surface area (Å²) < 4.78 is 36.3. The second kappa shape index (κ2) is 8.70. The van der Waals surface area contributed by atoms with Crippen LogP contribution >= 0.6 is 22.6 Å².